The molecule has 0 aromatic heterocycles. The van der Waals surface area contributed by atoms with Crippen molar-refractivity contribution in [3.8, 4) is 0 Å². The number of rotatable bonds is 3. The van der Waals surface area contributed by atoms with Gasteiger partial charge < -0.3 is 5.73 Å². The molecule has 0 fully saturated rings. The lowest BCUT2D eigenvalue weighted by Gasteiger charge is -2.02. The lowest BCUT2D eigenvalue weighted by Crippen LogP contribution is -2.17. The first-order valence-corrected chi connectivity index (χ1v) is 5.10. The summed E-state index contributed by atoms with van der Waals surface area (Å²) in [6.07, 6.45) is 0.468. The van der Waals surface area contributed by atoms with E-state index in [0.717, 1.165) is 6.55 Å². The number of hydrogen-bond donors (Lipinski definition) is 1. The fraction of sp³-hybridized carbons (Fsp3) is 1.00. The Balaban J connectivity index is 3.11. The van der Waals surface area contributed by atoms with Gasteiger partial charge in [0, 0.05) is 0 Å². The van der Waals surface area contributed by atoms with Gasteiger partial charge in [-0.25, -0.2) is 0 Å². The van der Waals surface area contributed by atoms with Gasteiger partial charge in [0.25, 0.3) is 0 Å². The Morgan fingerprint density at radius 1 is 1.50 bits per heavy atom. The van der Waals surface area contributed by atoms with E-state index in [0.29, 0.717) is 13.0 Å². The average Bonchev–Trinajstić information content (AvgIpc) is 1.59. The lowest BCUT2D eigenvalue weighted by atomic mass is 10.5. The molecule has 0 aromatic carbocycles. The van der Waals surface area contributed by atoms with E-state index >= 15 is 0 Å². The molecular formula is C4H11F2NSi. The third kappa shape index (κ3) is 6.04. The minimum Gasteiger partial charge on any atom is -0.330 e. The molecule has 2 N–H and O–H groups in total. The standard InChI is InChI=1S/C4H11F2NSi/c1-8(5,6)4-2-3-7/h2-4,7H2,1H3. The van der Waals surface area contributed by atoms with Crippen LogP contribution in [0.25, 0.3) is 0 Å². The summed E-state index contributed by atoms with van der Waals surface area (Å²) in [5.41, 5.74) is 5.02. The molecule has 0 aliphatic rings. The Hall–Kier alpha value is 0.0369. The van der Waals surface area contributed by atoms with Crippen molar-refractivity contribution in [2.45, 2.75) is 19.0 Å². The van der Waals surface area contributed by atoms with Crippen molar-refractivity contribution in [3.05, 3.63) is 0 Å². The summed E-state index contributed by atoms with van der Waals surface area (Å²) in [5, 5.41) is 0. The Morgan fingerprint density at radius 2 is 2.00 bits per heavy atom. The molecule has 0 rings (SSSR count). The molecule has 4 heteroatoms. The van der Waals surface area contributed by atoms with Crippen LogP contribution in [0, 0.1) is 0 Å². The van der Waals surface area contributed by atoms with Crippen LogP contribution in [0.4, 0.5) is 8.22 Å². The normalized spacial score (nSPS) is 12.0. The van der Waals surface area contributed by atoms with Crippen LogP contribution in [0.2, 0.25) is 12.6 Å². The van der Waals surface area contributed by atoms with Gasteiger partial charge in [0.2, 0.25) is 0 Å². The molecular weight excluding hydrogens is 128 g/mol. The molecule has 0 saturated carbocycles. The highest BCUT2D eigenvalue weighted by Crippen LogP contribution is 2.13. The van der Waals surface area contributed by atoms with Gasteiger partial charge in [-0.15, -0.1) is 0 Å². The van der Waals surface area contributed by atoms with E-state index in [1.807, 2.05) is 0 Å². The van der Waals surface area contributed by atoms with Crippen molar-refractivity contribution >= 4 is 8.74 Å². The average molecular weight is 139 g/mol. The monoisotopic (exact) mass is 139 g/mol. The fourth-order valence-electron chi connectivity index (χ4n) is 0.412. The summed E-state index contributed by atoms with van der Waals surface area (Å²) in [4.78, 5) is 0. The van der Waals surface area contributed by atoms with Crippen LogP contribution in [0.3, 0.4) is 0 Å². The largest absolute Gasteiger partial charge is 0.422 e. The molecule has 1 nitrogen and oxygen atoms in total. The molecule has 0 atom stereocenters. The quantitative estimate of drug-likeness (QED) is 0.463. The number of halogens is 2. The predicted molar refractivity (Wildman–Crippen MR) is 32.3 cm³/mol. The van der Waals surface area contributed by atoms with E-state index in [9.17, 15) is 8.22 Å². The Labute approximate surface area is 49.2 Å². The van der Waals surface area contributed by atoms with Crippen molar-refractivity contribution in [1.82, 2.24) is 0 Å². The number of hydrogen-bond acceptors (Lipinski definition) is 1. The van der Waals surface area contributed by atoms with Crippen molar-refractivity contribution in [3.63, 3.8) is 0 Å². The van der Waals surface area contributed by atoms with Crippen LogP contribution < -0.4 is 5.73 Å². The molecule has 0 amide bonds. The Morgan fingerprint density at radius 3 is 2.12 bits per heavy atom. The molecule has 50 valence electrons. The Bertz CT molecular complexity index is 61.5. The van der Waals surface area contributed by atoms with E-state index in [1.54, 1.807) is 0 Å². The van der Waals surface area contributed by atoms with E-state index < -0.39 is 8.74 Å². The van der Waals surface area contributed by atoms with Gasteiger partial charge in [0.05, 0.1) is 0 Å². The topological polar surface area (TPSA) is 26.0 Å². The molecule has 0 radical (unpaired) electrons. The summed E-state index contributed by atoms with van der Waals surface area (Å²) < 4.78 is 24.0. The van der Waals surface area contributed by atoms with Crippen molar-refractivity contribution in [2.24, 2.45) is 5.73 Å². The zero-order chi connectivity index (χ0) is 6.62. The first-order valence-electron chi connectivity index (χ1n) is 2.64. The minimum absolute atomic E-state index is 0.0451. The molecule has 0 spiro atoms. The zero-order valence-corrected chi connectivity index (χ0v) is 5.95. The molecule has 0 aliphatic heterocycles. The SMILES string of the molecule is C[Si](F)(F)CCCN. The summed E-state index contributed by atoms with van der Waals surface area (Å²) in [6, 6.07) is 0.0451. The molecule has 0 saturated heterocycles. The predicted octanol–water partition coefficient (Wildman–Crippen LogP) is 1.35. The second kappa shape index (κ2) is 3.14. The molecule has 0 heterocycles. The minimum atomic E-state index is -3.76. The summed E-state index contributed by atoms with van der Waals surface area (Å²) in [7, 11) is -3.76. The van der Waals surface area contributed by atoms with Crippen LogP contribution >= 0.6 is 0 Å². The molecule has 0 unspecified atom stereocenters. The van der Waals surface area contributed by atoms with Crippen LogP contribution in [-0.4, -0.2) is 15.3 Å². The van der Waals surface area contributed by atoms with E-state index in [1.165, 1.54) is 0 Å². The highest BCUT2D eigenvalue weighted by Gasteiger charge is 2.25. The van der Waals surface area contributed by atoms with E-state index in [-0.39, 0.29) is 6.04 Å². The third-order valence-electron chi connectivity index (χ3n) is 0.820. The smallest absolute Gasteiger partial charge is 0.330 e. The van der Waals surface area contributed by atoms with E-state index in [2.05, 4.69) is 0 Å². The number of nitrogens with two attached hydrogens (primary N) is 1. The molecule has 0 aliphatic carbocycles. The third-order valence-corrected chi connectivity index (χ3v) is 2.05. The Kier molecular flexibility index (Phi) is 3.15. The van der Waals surface area contributed by atoms with Crippen LogP contribution in [0.5, 0.6) is 0 Å². The molecule has 0 aromatic rings. The van der Waals surface area contributed by atoms with Crippen LogP contribution in [0.1, 0.15) is 6.42 Å². The van der Waals surface area contributed by atoms with Gasteiger partial charge in [-0.2, -0.15) is 0 Å². The molecule has 0 bridgehead atoms. The van der Waals surface area contributed by atoms with Crippen molar-refractivity contribution in [2.75, 3.05) is 6.54 Å². The van der Waals surface area contributed by atoms with Gasteiger partial charge in [-0.05, 0) is 25.6 Å². The van der Waals surface area contributed by atoms with Gasteiger partial charge in [-0.1, -0.05) is 0 Å². The van der Waals surface area contributed by atoms with E-state index in [4.69, 9.17) is 5.73 Å². The maximum absolute atomic E-state index is 12.0. The van der Waals surface area contributed by atoms with Crippen molar-refractivity contribution < 1.29 is 8.22 Å². The maximum Gasteiger partial charge on any atom is 0.422 e. The van der Waals surface area contributed by atoms with Gasteiger partial charge in [0.15, 0.2) is 0 Å². The second-order valence-corrected chi connectivity index (χ2v) is 4.60. The van der Waals surface area contributed by atoms with Crippen LogP contribution in [0.15, 0.2) is 0 Å². The lowest BCUT2D eigenvalue weighted by molar-refractivity contribution is 0.598. The fourth-order valence-corrected chi connectivity index (χ4v) is 1.24. The second-order valence-electron chi connectivity index (χ2n) is 1.96. The highest BCUT2D eigenvalue weighted by molar-refractivity contribution is 6.64. The maximum atomic E-state index is 12.0. The molecule has 8 heavy (non-hydrogen) atoms. The van der Waals surface area contributed by atoms with Gasteiger partial charge in [-0.3, -0.25) is 8.22 Å². The highest BCUT2D eigenvalue weighted by atomic mass is 28.4. The first kappa shape index (κ1) is 8.04. The first-order chi connectivity index (χ1) is 3.56. The zero-order valence-electron chi connectivity index (χ0n) is 4.95. The summed E-state index contributed by atoms with van der Waals surface area (Å²) in [6.45, 7) is 1.43. The van der Waals surface area contributed by atoms with Crippen LogP contribution in [-0.2, 0) is 0 Å². The van der Waals surface area contributed by atoms with Crippen molar-refractivity contribution in [1.29, 1.82) is 0 Å². The summed E-state index contributed by atoms with van der Waals surface area (Å²) in [5.74, 6) is 0. The van der Waals surface area contributed by atoms with Gasteiger partial charge in [0.1, 0.15) is 0 Å². The van der Waals surface area contributed by atoms with Gasteiger partial charge >= 0.3 is 8.74 Å². The summed E-state index contributed by atoms with van der Waals surface area (Å²) >= 11 is 0.